The average molecular weight is 406 g/mol. The molecule has 3 saturated heterocycles. The fraction of sp³-hybridized carbons (Fsp3) is 0.750. The van der Waals surface area contributed by atoms with Crippen molar-refractivity contribution < 1.29 is 4.79 Å². The Morgan fingerprint density at radius 3 is 2.53 bits per heavy atom. The van der Waals surface area contributed by atoms with E-state index in [2.05, 4.69) is 42.2 Å². The van der Waals surface area contributed by atoms with Crippen molar-refractivity contribution in [3.8, 4) is 0 Å². The van der Waals surface area contributed by atoms with E-state index in [1.807, 2.05) is 0 Å². The van der Waals surface area contributed by atoms with Crippen molar-refractivity contribution in [2.45, 2.75) is 83.0 Å². The highest BCUT2D eigenvalue weighted by Gasteiger charge is 2.65. The van der Waals surface area contributed by atoms with Crippen LogP contribution >= 0.6 is 0 Å². The topological polar surface area (TPSA) is 20.3 Å². The van der Waals surface area contributed by atoms with Crippen LogP contribution in [0.4, 0.5) is 0 Å². The van der Waals surface area contributed by atoms with Gasteiger partial charge < -0.3 is 4.90 Å². The first-order valence-corrected chi connectivity index (χ1v) is 12.9. The van der Waals surface area contributed by atoms with Gasteiger partial charge >= 0.3 is 0 Å². The third-order valence-corrected chi connectivity index (χ3v) is 10.2. The number of rotatable bonds is 6. The van der Waals surface area contributed by atoms with Gasteiger partial charge in [-0.05, 0) is 105 Å². The van der Waals surface area contributed by atoms with Gasteiger partial charge in [-0.2, -0.15) is 0 Å². The number of nitrogens with zero attached hydrogens (tertiary/aromatic N) is 1. The molecule has 1 aromatic carbocycles. The Labute approximate surface area is 182 Å². The van der Waals surface area contributed by atoms with Gasteiger partial charge in [0.15, 0.2) is 0 Å². The predicted molar refractivity (Wildman–Crippen MR) is 121 cm³/mol. The molecular formula is C28H39NO. The number of carbonyl (C=O) groups is 1. The lowest BCUT2D eigenvalue weighted by atomic mass is 9.37. The van der Waals surface area contributed by atoms with Crippen LogP contribution in [-0.4, -0.2) is 30.3 Å². The molecule has 1 aromatic rings. The van der Waals surface area contributed by atoms with Crippen LogP contribution in [0.3, 0.4) is 0 Å². The quantitative estimate of drug-likeness (QED) is 0.579. The first kappa shape index (κ1) is 19.5. The lowest BCUT2D eigenvalue weighted by Crippen LogP contribution is -2.61. The second-order valence-corrected chi connectivity index (χ2v) is 12.2. The van der Waals surface area contributed by atoms with Crippen LogP contribution in [0, 0.1) is 28.6 Å². The Kier molecular flexibility index (Phi) is 4.51. The van der Waals surface area contributed by atoms with Crippen LogP contribution in [0.1, 0.15) is 83.1 Å². The van der Waals surface area contributed by atoms with Crippen LogP contribution in [0.25, 0.3) is 0 Å². The van der Waals surface area contributed by atoms with Gasteiger partial charge in [-0.1, -0.05) is 43.7 Å². The second kappa shape index (κ2) is 6.92. The zero-order chi connectivity index (χ0) is 20.4. The third-order valence-electron chi connectivity index (χ3n) is 10.2. The lowest BCUT2D eigenvalue weighted by molar-refractivity contribution is -0.163. The monoisotopic (exact) mass is 405 g/mol. The molecule has 6 bridgehead atoms. The average Bonchev–Trinajstić information content (AvgIpc) is 2.74. The van der Waals surface area contributed by atoms with E-state index in [4.69, 9.17) is 0 Å². The molecule has 8 rings (SSSR count). The van der Waals surface area contributed by atoms with Crippen molar-refractivity contribution in [1.82, 2.24) is 4.90 Å². The maximum absolute atomic E-state index is 14.1. The molecule has 5 atom stereocenters. The lowest BCUT2D eigenvalue weighted by Gasteiger charge is -2.67. The third kappa shape index (κ3) is 2.96. The summed E-state index contributed by atoms with van der Waals surface area (Å²) in [5.41, 5.74) is 2.21. The molecule has 7 fully saturated rings. The summed E-state index contributed by atoms with van der Waals surface area (Å²) in [6.45, 7) is 6.11. The van der Waals surface area contributed by atoms with E-state index in [9.17, 15) is 4.79 Å². The van der Waals surface area contributed by atoms with Gasteiger partial charge in [-0.3, -0.25) is 4.79 Å². The number of fused-ring (bicyclic) bond motifs is 3. The van der Waals surface area contributed by atoms with Crippen molar-refractivity contribution in [3.05, 3.63) is 35.9 Å². The number of benzene rings is 1. The summed E-state index contributed by atoms with van der Waals surface area (Å²) in [7, 11) is 0. The highest BCUT2D eigenvalue weighted by molar-refractivity contribution is 5.86. The summed E-state index contributed by atoms with van der Waals surface area (Å²) in [4.78, 5) is 16.8. The van der Waals surface area contributed by atoms with Crippen LogP contribution in [0.15, 0.2) is 30.3 Å². The maximum Gasteiger partial charge on any atom is 0.139 e. The molecule has 162 valence electrons. The smallest absolute Gasteiger partial charge is 0.139 e. The number of ketones is 1. The van der Waals surface area contributed by atoms with E-state index in [1.165, 1.54) is 83.0 Å². The van der Waals surface area contributed by atoms with Crippen molar-refractivity contribution >= 4 is 5.78 Å². The van der Waals surface area contributed by atoms with Gasteiger partial charge in [0.1, 0.15) is 5.78 Å². The largest absolute Gasteiger partial charge is 0.303 e. The Bertz CT molecular complexity index is 811. The number of Topliss-reactive ketones (excluding diaryl/α,β-unsaturated/α-hetero) is 1. The normalized spacial score (nSPS) is 46.3. The Morgan fingerprint density at radius 2 is 1.83 bits per heavy atom. The van der Waals surface area contributed by atoms with E-state index in [-0.39, 0.29) is 10.8 Å². The molecule has 0 aromatic heterocycles. The molecule has 4 aliphatic carbocycles. The number of hydrogen-bond acceptors (Lipinski definition) is 2. The second-order valence-electron chi connectivity index (χ2n) is 12.2. The van der Waals surface area contributed by atoms with Crippen molar-refractivity contribution in [2.75, 3.05) is 19.6 Å². The molecule has 0 radical (unpaired) electrons. The highest BCUT2D eigenvalue weighted by Crippen LogP contribution is 2.71. The molecule has 3 aliphatic heterocycles. The van der Waals surface area contributed by atoms with E-state index in [0.29, 0.717) is 17.1 Å². The summed E-state index contributed by atoms with van der Waals surface area (Å²) in [5.74, 6) is 2.90. The van der Waals surface area contributed by atoms with Crippen LogP contribution in [0.5, 0.6) is 0 Å². The number of carbonyl (C=O) groups excluding carboxylic acids is 1. The molecule has 4 saturated carbocycles. The minimum atomic E-state index is -0.0174. The van der Waals surface area contributed by atoms with Gasteiger partial charge in [0.25, 0.3) is 0 Å². The molecule has 2 nitrogen and oxygen atoms in total. The summed E-state index contributed by atoms with van der Waals surface area (Å²) in [6, 6.07) is 11.3. The van der Waals surface area contributed by atoms with Crippen LogP contribution < -0.4 is 0 Å². The first-order valence-electron chi connectivity index (χ1n) is 12.9. The molecule has 3 heterocycles. The van der Waals surface area contributed by atoms with Gasteiger partial charge in [-0.25, -0.2) is 0 Å². The first-order chi connectivity index (χ1) is 14.5. The number of piperidine rings is 3. The molecule has 30 heavy (non-hydrogen) atoms. The number of hydrogen-bond donors (Lipinski definition) is 0. The molecule has 2 unspecified atom stereocenters. The van der Waals surface area contributed by atoms with Gasteiger partial charge in [0.2, 0.25) is 0 Å². The molecular weight excluding hydrogens is 366 g/mol. The van der Waals surface area contributed by atoms with E-state index >= 15 is 0 Å². The molecule has 2 heteroatoms. The van der Waals surface area contributed by atoms with E-state index < -0.39 is 0 Å². The highest BCUT2D eigenvalue weighted by atomic mass is 16.1. The Hall–Kier alpha value is -1.15. The SMILES string of the molecule is CCC[C@]12CC3CC(C(=O)C[C@@H]4CN5CCC4CC5)(C1)C[C@@](c1ccccc1)(C3)C2. The van der Waals surface area contributed by atoms with Crippen molar-refractivity contribution in [2.24, 2.45) is 28.6 Å². The summed E-state index contributed by atoms with van der Waals surface area (Å²) < 4.78 is 0. The molecule has 0 N–H and O–H groups in total. The Morgan fingerprint density at radius 1 is 1.03 bits per heavy atom. The zero-order valence-corrected chi connectivity index (χ0v) is 18.9. The van der Waals surface area contributed by atoms with Gasteiger partial charge in [0, 0.05) is 18.4 Å². The molecule has 7 aliphatic rings. The standard InChI is InChI=1S/C28H39NO/c1-2-10-26-14-21-15-27(18-26,24-6-4-3-5-7-24)20-28(16-21,19-26)25(30)13-23-17-29-11-8-22(23)9-12-29/h3-7,21-23H,2,8-20H2,1H3/t21?,23-,26-,27-,28?/m1/s1. The minimum Gasteiger partial charge on any atom is -0.303 e. The summed E-state index contributed by atoms with van der Waals surface area (Å²) in [6.07, 6.45) is 13.8. The van der Waals surface area contributed by atoms with Crippen molar-refractivity contribution in [3.63, 3.8) is 0 Å². The Balaban J connectivity index is 1.33. The van der Waals surface area contributed by atoms with E-state index in [1.54, 1.807) is 0 Å². The summed E-state index contributed by atoms with van der Waals surface area (Å²) in [5, 5.41) is 0. The van der Waals surface area contributed by atoms with E-state index in [0.717, 1.165) is 24.7 Å². The van der Waals surface area contributed by atoms with Crippen LogP contribution in [0.2, 0.25) is 0 Å². The summed E-state index contributed by atoms with van der Waals surface area (Å²) >= 11 is 0. The minimum absolute atomic E-state index is 0.0174. The van der Waals surface area contributed by atoms with Gasteiger partial charge in [-0.15, -0.1) is 0 Å². The van der Waals surface area contributed by atoms with Gasteiger partial charge in [0.05, 0.1) is 0 Å². The predicted octanol–water partition coefficient (Wildman–Crippen LogP) is 6.00. The fourth-order valence-electron chi connectivity index (χ4n) is 9.65. The fourth-order valence-corrected chi connectivity index (χ4v) is 9.65. The maximum atomic E-state index is 14.1. The van der Waals surface area contributed by atoms with Crippen molar-refractivity contribution in [1.29, 1.82) is 0 Å². The molecule has 0 spiro atoms. The zero-order valence-electron chi connectivity index (χ0n) is 18.9. The van der Waals surface area contributed by atoms with Crippen LogP contribution in [-0.2, 0) is 10.2 Å². The molecule has 0 amide bonds.